The van der Waals surface area contributed by atoms with Gasteiger partial charge in [-0.05, 0) is 24.7 Å². The summed E-state index contributed by atoms with van der Waals surface area (Å²) >= 11 is 0. The largest absolute Gasteiger partial charge is 0.344 e. The number of nitrogens with two attached hydrogens (primary N) is 1. The molecule has 0 aromatic heterocycles. The summed E-state index contributed by atoms with van der Waals surface area (Å²) in [6.07, 6.45) is 3.03. The molecule has 0 heterocycles. The molecule has 1 saturated carbocycles. The Labute approximate surface area is 86.6 Å². The lowest BCUT2D eigenvalue weighted by molar-refractivity contribution is -0.131. The first kappa shape index (κ1) is 11.5. The van der Waals surface area contributed by atoms with Gasteiger partial charge in [-0.1, -0.05) is 20.3 Å². The minimum absolute atomic E-state index is 0.103. The molecule has 1 amide bonds. The summed E-state index contributed by atoms with van der Waals surface area (Å²) in [6, 6.07) is -0.293. The monoisotopic (exact) mass is 198 g/mol. The molecule has 0 aromatic rings. The number of nitrogens with zero attached hydrogens (tertiary/aromatic N) is 1. The van der Waals surface area contributed by atoms with Gasteiger partial charge in [-0.2, -0.15) is 0 Å². The Balaban J connectivity index is 2.28. The predicted molar refractivity (Wildman–Crippen MR) is 57.8 cm³/mol. The van der Waals surface area contributed by atoms with Gasteiger partial charge in [-0.15, -0.1) is 0 Å². The van der Waals surface area contributed by atoms with Gasteiger partial charge >= 0.3 is 0 Å². The van der Waals surface area contributed by atoms with Crippen molar-refractivity contribution in [2.24, 2.45) is 17.6 Å². The second-order valence-corrected chi connectivity index (χ2v) is 4.59. The summed E-state index contributed by atoms with van der Waals surface area (Å²) in [6.45, 7) is 5.17. The zero-order valence-electron chi connectivity index (χ0n) is 9.49. The molecule has 14 heavy (non-hydrogen) atoms. The molecule has 3 heteroatoms. The minimum Gasteiger partial charge on any atom is -0.344 e. The Hall–Kier alpha value is -0.570. The lowest BCUT2D eigenvalue weighted by Crippen LogP contribution is -2.42. The Morgan fingerprint density at radius 1 is 1.64 bits per heavy atom. The van der Waals surface area contributed by atoms with Crippen LogP contribution >= 0.6 is 0 Å². The van der Waals surface area contributed by atoms with Gasteiger partial charge in [0, 0.05) is 13.6 Å². The standard InChI is InChI=1S/C11H22N2O/c1-4-5-10(12)11(14)13(3)7-9-6-8(9)2/h8-10H,4-7,12H2,1-3H3/t8?,9?,10-/m0/s1. The van der Waals surface area contributed by atoms with Crippen LogP contribution in [0.1, 0.15) is 33.1 Å². The third kappa shape index (κ3) is 2.98. The van der Waals surface area contributed by atoms with Gasteiger partial charge in [0.1, 0.15) is 0 Å². The molecule has 0 radical (unpaired) electrons. The van der Waals surface area contributed by atoms with Crippen LogP contribution in [0.2, 0.25) is 0 Å². The zero-order chi connectivity index (χ0) is 10.7. The second kappa shape index (κ2) is 4.78. The maximum atomic E-state index is 11.7. The van der Waals surface area contributed by atoms with Crippen molar-refractivity contribution in [3.05, 3.63) is 0 Å². The average molecular weight is 198 g/mol. The molecule has 1 aliphatic carbocycles. The van der Waals surface area contributed by atoms with E-state index in [1.165, 1.54) is 6.42 Å². The van der Waals surface area contributed by atoms with Crippen LogP contribution in [-0.4, -0.2) is 30.4 Å². The van der Waals surface area contributed by atoms with Crippen molar-refractivity contribution < 1.29 is 4.79 Å². The van der Waals surface area contributed by atoms with Crippen LogP contribution in [0.5, 0.6) is 0 Å². The summed E-state index contributed by atoms with van der Waals surface area (Å²) < 4.78 is 0. The number of hydrogen-bond acceptors (Lipinski definition) is 2. The molecule has 0 spiro atoms. The number of carbonyl (C=O) groups is 1. The molecule has 1 fully saturated rings. The minimum atomic E-state index is -0.293. The van der Waals surface area contributed by atoms with E-state index in [0.717, 1.165) is 31.2 Å². The van der Waals surface area contributed by atoms with Gasteiger partial charge in [-0.3, -0.25) is 4.79 Å². The van der Waals surface area contributed by atoms with E-state index in [2.05, 4.69) is 13.8 Å². The molecular weight excluding hydrogens is 176 g/mol. The van der Waals surface area contributed by atoms with Gasteiger partial charge < -0.3 is 10.6 Å². The van der Waals surface area contributed by atoms with Gasteiger partial charge in [0.2, 0.25) is 5.91 Å². The van der Waals surface area contributed by atoms with Gasteiger partial charge in [0.05, 0.1) is 6.04 Å². The van der Waals surface area contributed by atoms with Crippen LogP contribution in [0.15, 0.2) is 0 Å². The Morgan fingerprint density at radius 2 is 2.21 bits per heavy atom. The third-order valence-electron chi connectivity index (χ3n) is 3.08. The van der Waals surface area contributed by atoms with Crippen molar-refractivity contribution >= 4 is 5.91 Å². The highest BCUT2D eigenvalue weighted by Gasteiger charge is 2.34. The molecule has 0 aliphatic heterocycles. The van der Waals surface area contributed by atoms with Gasteiger partial charge in [0.25, 0.3) is 0 Å². The number of rotatable bonds is 5. The molecule has 2 N–H and O–H groups in total. The lowest BCUT2D eigenvalue weighted by atomic mass is 10.1. The summed E-state index contributed by atoms with van der Waals surface area (Å²) in [7, 11) is 1.86. The van der Waals surface area contributed by atoms with E-state index in [1.807, 2.05) is 7.05 Å². The lowest BCUT2D eigenvalue weighted by Gasteiger charge is -2.21. The van der Waals surface area contributed by atoms with E-state index < -0.39 is 0 Å². The first-order chi connectivity index (χ1) is 6.56. The molecular formula is C11H22N2O. The molecule has 2 unspecified atom stereocenters. The quantitative estimate of drug-likeness (QED) is 0.722. The average Bonchev–Trinajstić information content (AvgIpc) is 2.80. The molecule has 1 rings (SSSR count). The number of amides is 1. The van der Waals surface area contributed by atoms with Crippen molar-refractivity contribution in [3.8, 4) is 0 Å². The SMILES string of the molecule is CCC[C@H](N)C(=O)N(C)CC1CC1C. The maximum Gasteiger partial charge on any atom is 0.239 e. The highest BCUT2D eigenvalue weighted by atomic mass is 16.2. The van der Waals surface area contributed by atoms with E-state index in [4.69, 9.17) is 5.73 Å². The molecule has 0 aromatic carbocycles. The number of carbonyl (C=O) groups excluding carboxylic acids is 1. The highest BCUT2D eigenvalue weighted by molar-refractivity contribution is 5.81. The van der Waals surface area contributed by atoms with E-state index in [9.17, 15) is 4.79 Å². The summed E-state index contributed by atoms with van der Waals surface area (Å²) in [5.41, 5.74) is 5.77. The zero-order valence-corrected chi connectivity index (χ0v) is 9.49. The van der Waals surface area contributed by atoms with E-state index >= 15 is 0 Å². The third-order valence-corrected chi connectivity index (χ3v) is 3.08. The topological polar surface area (TPSA) is 46.3 Å². The van der Waals surface area contributed by atoms with Crippen molar-refractivity contribution in [1.82, 2.24) is 4.90 Å². The van der Waals surface area contributed by atoms with Crippen LogP contribution < -0.4 is 5.73 Å². The van der Waals surface area contributed by atoms with E-state index in [-0.39, 0.29) is 11.9 Å². The van der Waals surface area contributed by atoms with Crippen LogP contribution in [0.3, 0.4) is 0 Å². The van der Waals surface area contributed by atoms with Crippen molar-refractivity contribution in [3.63, 3.8) is 0 Å². The fourth-order valence-electron chi connectivity index (χ4n) is 1.81. The molecule has 3 nitrogen and oxygen atoms in total. The number of likely N-dealkylation sites (N-methyl/N-ethyl adjacent to an activating group) is 1. The van der Waals surface area contributed by atoms with Gasteiger partial charge in [-0.25, -0.2) is 0 Å². The molecule has 0 saturated heterocycles. The normalized spacial score (nSPS) is 27.1. The Morgan fingerprint density at radius 3 is 2.64 bits per heavy atom. The van der Waals surface area contributed by atoms with Crippen LogP contribution in [0.4, 0.5) is 0 Å². The first-order valence-electron chi connectivity index (χ1n) is 5.56. The summed E-state index contributed by atoms with van der Waals surface area (Å²) in [5, 5.41) is 0. The Kier molecular flexibility index (Phi) is 3.93. The molecule has 1 aliphatic rings. The Bertz CT molecular complexity index is 205. The second-order valence-electron chi connectivity index (χ2n) is 4.59. The van der Waals surface area contributed by atoms with Crippen LogP contribution in [0, 0.1) is 11.8 Å². The highest BCUT2D eigenvalue weighted by Crippen LogP contribution is 2.37. The molecule has 0 bridgehead atoms. The molecule has 82 valence electrons. The smallest absolute Gasteiger partial charge is 0.239 e. The summed E-state index contributed by atoms with van der Waals surface area (Å²) in [5.74, 6) is 1.62. The van der Waals surface area contributed by atoms with Crippen LogP contribution in [0.25, 0.3) is 0 Å². The van der Waals surface area contributed by atoms with E-state index in [0.29, 0.717) is 0 Å². The van der Waals surface area contributed by atoms with E-state index in [1.54, 1.807) is 4.90 Å². The maximum absolute atomic E-state index is 11.7. The van der Waals surface area contributed by atoms with Gasteiger partial charge in [0.15, 0.2) is 0 Å². The number of hydrogen-bond donors (Lipinski definition) is 1. The first-order valence-corrected chi connectivity index (χ1v) is 5.56. The molecule has 3 atom stereocenters. The van der Waals surface area contributed by atoms with Crippen molar-refractivity contribution in [2.45, 2.75) is 39.2 Å². The fourth-order valence-corrected chi connectivity index (χ4v) is 1.81. The van der Waals surface area contributed by atoms with Crippen molar-refractivity contribution in [2.75, 3.05) is 13.6 Å². The van der Waals surface area contributed by atoms with Crippen molar-refractivity contribution in [1.29, 1.82) is 0 Å². The fraction of sp³-hybridized carbons (Fsp3) is 0.909. The predicted octanol–water partition coefficient (Wildman–Crippen LogP) is 1.23. The summed E-state index contributed by atoms with van der Waals surface area (Å²) in [4.78, 5) is 13.5. The van der Waals surface area contributed by atoms with Crippen LogP contribution in [-0.2, 0) is 4.79 Å².